The van der Waals surface area contributed by atoms with Crippen LogP contribution in [-0.2, 0) is 11.3 Å². The standard InChI is InChI=1S/C25H25ClN2O5/c1-3-32-23-12-17(14-27-21-13-18(25(30)31)7-10-20(21)26)6-11-22(23)33-15-24(29)28-19-8-4-16(2)5-9-19/h4-13,27H,3,14-15H2,1-2H3,(H,28,29)(H,30,31). The van der Waals surface area contributed by atoms with Crippen LogP contribution in [0.2, 0.25) is 5.02 Å². The molecule has 0 aromatic heterocycles. The van der Waals surface area contributed by atoms with E-state index in [1.165, 1.54) is 18.2 Å². The molecule has 3 N–H and O–H groups in total. The Balaban J connectivity index is 1.64. The molecule has 0 unspecified atom stereocenters. The van der Waals surface area contributed by atoms with Gasteiger partial charge in [-0.25, -0.2) is 4.79 Å². The van der Waals surface area contributed by atoms with Gasteiger partial charge in [-0.3, -0.25) is 4.79 Å². The number of hydrogen-bond acceptors (Lipinski definition) is 5. The van der Waals surface area contributed by atoms with Crippen LogP contribution in [-0.4, -0.2) is 30.2 Å². The molecule has 0 spiro atoms. The Bertz CT molecular complexity index is 1130. The first kappa shape index (κ1) is 23.9. The van der Waals surface area contributed by atoms with Crippen LogP contribution < -0.4 is 20.1 Å². The molecule has 1 amide bonds. The third-order valence-corrected chi connectivity index (χ3v) is 5.03. The van der Waals surface area contributed by atoms with E-state index in [4.69, 9.17) is 26.2 Å². The summed E-state index contributed by atoms with van der Waals surface area (Å²) in [6, 6.07) is 17.3. The molecule has 7 nitrogen and oxygen atoms in total. The lowest BCUT2D eigenvalue weighted by Crippen LogP contribution is -2.20. The number of benzene rings is 3. The van der Waals surface area contributed by atoms with Gasteiger partial charge < -0.3 is 25.2 Å². The van der Waals surface area contributed by atoms with E-state index in [9.17, 15) is 9.59 Å². The molecule has 0 fully saturated rings. The number of aryl methyl sites for hydroxylation is 1. The first-order valence-electron chi connectivity index (χ1n) is 10.4. The number of rotatable bonds is 10. The maximum absolute atomic E-state index is 12.2. The Morgan fingerprint density at radius 3 is 2.42 bits per heavy atom. The van der Waals surface area contributed by atoms with Gasteiger partial charge in [0.1, 0.15) is 0 Å². The number of ether oxygens (including phenoxy) is 2. The Kier molecular flexibility index (Phi) is 8.16. The molecule has 0 radical (unpaired) electrons. The van der Waals surface area contributed by atoms with Crippen LogP contribution in [0.3, 0.4) is 0 Å². The number of carboxylic acids is 1. The predicted molar refractivity (Wildman–Crippen MR) is 129 cm³/mol. The third kappa shape index (κ3) is 6.89. The number of carbonyl (C=O) groups excluding carboxylic acids is 1. The first-order chi connectivity index (χ1) is 15.9. The molecule has 0 atom stereocenters. The van der Waals surface area contributed by atoms with E-state index in [0.717, 1.165) is 11.1 Å². The minimum Gasteiger partial charge on any atom is -0.490 e. The van der Waals surface area contributed by atoms with Crippen molar-refractivity contribution in [3.8, 4) is 11.5 Å². The van der Waals surface area contributed by atoms with Crippen molar-refractivity contribution in [2.45, 2.75) is 20.4 Å². The summed E-state index contributed by atoms with van der Waals surface area (Å²) in [5.74, 6) is -0.350. The maximum Gasteiger partial charge on any atom is 0.335 e. The van der Waals surface area contributed by atoms with Crippen molar-refractivity contribution in [2.24, 2.45) is 0 Å². The van der Waals surface area contributed by atoms with Gasteiger partial charge in [0.2, 0.25) is 0 Å². The van der Waals surface area contributed by atoms with Crippen LogP contribution in [0, 0.1) is 6.92 Å². The van der Waals surface area contributed by atoms with Gasteiger partial charge in [0, 0.05) is 12.2 Å². The van der Waals surface area contributed by atoms with E-state index in [1.807, 2.05) is 44.2 Å². The Labute approximate surface area is 197 Å². The molecule has 0 saturated heterocycles. The fraction of sp³-hybridized carbons (Fsp3) is 0.200. The normalized spacial score (nSPS) is 10.4. The minimum absolute atomic E-state index is 0.143. The zero-order valence-electron chi connectivity index (χ0n) is 18.4. The van der Waals surface area contributed by atoms with Gasteiger partial charge in [0.25, 0.3) is 5.91 Å². The number of halogens is 1. The molecule has 3 rings (SSSR count). The molecule has 0 saturated carbocycles. The number of amides is 1. The molecule has 33 heavy (non-hydrogen) atoms. The SMILES string of the molecule is CCOc1cc(CNc2cc(C(=O)O)ccc2Cl)ccc1OCC(=O)Nc1ccc(C)cc1. The topological polar surface area (TPSA) is 96.9 Å². The summed E-state index contributed by atoms with van der Waals surface area (Å²) in [5.41, 5.74) is 3.34. The van der Waals surface area contributed by atoms with Crippen molar-refractivity contribution in [1.82, 2.24) is 0 Å². The van der Waals surface area contributed by atoms with Crippen molar-refractivity contribution in [2.75, 3.05) is 23.8 Å². The maximum atomic E-state index is 12.2. The monoisotopic (exact) mass is 468 g/mol. The van der Waals surface area contributed by atoms with Crippen LogP contribution in [0.25, 0.3) is 0 Å². The molecule has 0 aliphatic carbocycles. The summed E-state index contributed by atoms with van der Waals surface area (Å²) < 4.78 is 11.4. The lowest BCUT2D eigenvalue weighted by Gasteiger charge is -2.15. The first-order valence-corrected chi connectivity index (χ1v) is 10.7. The Morgan fingerprint density at radius 2 is 1.73 bits per heavy atom. The summed E-state index contributed by atoms with van der Waals surface area (Å²) in [7, 11) is 0. The highest BCUT2D eigenvalue weighted by Crippen LogP contribution is 2.30. The van der Waals surface area contributed by atoms with Gasteiger partial charge in [-0.05, 0) is 61.9 Å². The smallest absolute Gasteiger partial charge is 0.335 e. The number of nitrogens with one attached hydrogen (secondary N) is 2. The Morgan fingerprint density at radius 1 is 0.970 bits per heavy atom. The number of aromatic carboxylic acids is 1. The second-order valence-electron chi connectivity index (χ2n) is 7.27. The zero-order chi connectivity index (χ0) is 23.8. The molecule has 0 heterocycles. The van der Waals surface area contributed by atoms with E-state index >= 15 is 0 Å². The van der Waals surface area contributed by atoms with Gasteiger partial charge in [0.05, 0.1) is 22.9 Å². The lowest BCUT2D eigenvalue weighted by molar-refractivity contribution is -0.118. The molecule has 0 aliphatic rings. The summed E-state index contributed by atoms with van der Waals surface area (Å²) in [6.45, 7) is 4.48. The van der Waals surface area contributed by atoms with Crippen molar-refractivity contribution in [3.63, 3.8) is 0 Å². The summed E-state index contributed by atoms with van der Waals surface area (Å²) in [4.78, 5) is 23.4. The summed E-state index contributed by atoms with van der Waals surface area (Å²) >= 11 is 6.17. The molecular weight excluding hydrogens is 444 g/mol. The second kappa shape index (κ2) is 11.2. The highest BCUT2D eigenvalue weighted by molar-refractivity contribution is 6.33. The number of carbonyl (C=O) groups is 2. The Hall–Kier alpha value is -3.71. The zero-order valence-corrected chi connectivity index (χ0v) is 19.1. The highest BCUT2D eigenvalue weighted by Gasteiger charge is 2.11. The lowest BCUT2D eigenvalue weighted by atomic mass is 10.1. The molecule has 0 bridgehead atoms. The van der Waals surface area contributed by atoms with Crippen molar-refractivity contribution in [1.29, 1.82) is 0 Å². The summed E-state index contributed by atoms with van der Waals surface area (Å²) in [6.07, 6.45) is 0. The fourth-order valence-corrected chi connectivity index (χ4v) is 3.20. The van der Waals surface area contributed by atoms with Gasteiger partial charge in [-0.1, -0.05) is 35.4 Å². The van der Waals surface area contributed by atoms with Crippen molar-refractivity contribution >= 4 is 34.9 Å². The number of anilines is 2. The van der Waals surface area contributed by atoms with E-state index in [1.54, 1.807) is 12.1 Å². The van der Waals surface area contributed by atoms with Crippen molar-refractivity contribution < 1.29 is 24.2 Å². The fourth-order valence-electron chi connectivity index (χ4n) is 3.02. The molecule has 3 aromatic rings. The van der Waals surface area contributed by atoms with Gasteiger partial charge in [0.15, 0.2) is 18.1 Å². The van der Waals surface area contributed by atoms with Crippen LogP contribution in [0.15, 0.2) is 60.7 Å². The van der Waals surface area contributed by atoms with Crippen LogP contribution in [0.1, 0.15) is 28.4 Å². The van der Waals surface area contributed by atoms with Crippen molar-refractivity contribution in [3.05, 3.63) is 82.4 Å². The van der Waals surface area contributed by atoms with Gasteiger partial charge in [-0.2, -0.15) is 0 Å². The largest absolute Gasteiger partial charge is 0.490 e. The number of carboxylic acid groups (broad SMARTS) is 1. The van der Waals surface area contributed by atoms with Crippen LogP contribution in [0.5, 0.6) is 11.5 Å². The van der Waals surface area contributed by atoms with Crippen LogP contribution >= 0.6 is 11.6 Å². The average Bonchev–Trinajstić information content (AvgIpc) is 2.79. The molecule has 0 aliphatic heterocycles. The molecule has 172 valence electrons. The third-order valence-electron chi connectivity index (χ3n) is 4.70. The predicted octanol–water partition coefficient (Wildman–Crippen LogP) is 5.37. The van der Waals surface area contributed by atoms with Gasteiger partial charge >= 0.3 is 5.97 Å². The van der Waals surface area contributed by atoms with Crippen LogP contribution in [0.4, 0.5) is 11.4 Å². The van der Waals surface area contributed by atoms with E-state index < -0.39 is 5.97 Å². The number of hydrogen-bond donors (Lipinski definition) is 3. The quantitative estimate of drug-likeness (QED) is 0.370. The second-order valence-corrected chi connectivity index (χ2v) is 7.68. The summed E-state index contributed by atoms with van der Waals surface area (Å²) in [5, 5.41) is 15.5. The molecular formula is C25H25ClN2O5. The molecule has 8 heteroatoms. The molecule has 3 aromatic carbocycles. The minimum atomic E-state index is -1.03. The highest BCUT2D eigenvalue weighted by atomic mass is 35.5. The average molecular weight is 469 g/mol. The van der Waals surface area contributed by atoms with Gasteiger partial charge in [-0.15, -0.1) is 0 Å². The van der Waals surface area contributed by atoms with E-state index in [-0.39, 0.29) is 18.1 Å². The van der Waals surface area contributed by atoms with E-state index in [2.05, 4.69) is 10.6 Å². The van der Waals surface area contributed by atoms with E-state index in [0.29, 0.717) is 41.0 Å².